The van der Waals surface area contributed by atoms with Crippen molar-refractivity contribution in [2.75, 3.05) is 0 Å². The first-order valence-corrected chi connectivity index (χ1v) is 7.54. The van der Waals surface area contributed by atoms with Gasteiger partial charge in [-0.15, -0.1) is 0 Å². The average molecular weight is 358 g/mol. The molecule has 0 atom stereocenters. The molecule has 17 heavy (non-hydrogen) atoms. The van der Waals surface area contributed by atoms with Gasteiger partial charge < -0.3 is 4.57 Å². The number of hydrogen-bond acceptors (Lipinski definition) is 1. The first-order chi connectivity index (χ1) is 8.26. The standard InChI is InChI=1S/C13H14Br2N2/c1-2-3-13-16-6-7-17(13)12-5-4-11(15)8-10(12)9-14/h4-8H,2-3,9H2,1H3. The SMILES string of the molecule is CCCc1nccn1-c1ccc(Br)cc1CBr. The highest BCUT2D eigenvalue weighted by atomic mass is 79.9. The van der Waals surface area contributed by atoms with Gasteiger partial charge >= 0.3 is 0 Å². The molecular formula is C13H14Br2N2. The van der Waals surface area contributed by atoms with Crippen molar-refractivity contribution in [1.29, 1.82) is 0 Å². The zero-order valence-electron chi connectivity index (χ0n) is 9.66. The Balaban J connectivity index is 2.48. The summed E-state index contributed by atoms with van der Waals surface area (Å²) in [6, 6.07) is 6.33. The fourth-order valence-corrected chi connectivity index (χ4v) is 2.72. The number of halogens is 2. The smallest absolute Gasteiger partial charge is 0.113 e. The predicted octanol–water partition coefficient (Wildman–Crippen LogP) is 4.48. The summed E-state index contributed by atoms with van der Waals surface area (Å²) in [6.07, 6.45) is 6.01. The summed E-state index contributed by atoms with van der Waals surface area (Å²) >= 11 is 7.04. The number of imidazole rings is 1. The van der Waals surface area contributed by atoms with E-state index >= 15 is 0 Å². The number of rotatable bonds is 4. The maximum absolute atomic E-state index is 4.42. The molecule has 1 aromatic carbocycles. The van der Waals surface area contributed by atoms with Gasteiger partial charge in [-0.2, -0.15) is 0 Å². The Kier molecular flexibility index (Phi) is 4.40. The highest BCUT2D eigenvalue weighted by Gasteiger charge is 2.08. The predicted molar refractivity (Wildman–Crippen MR) is 77.9 cm³/mol. The summed E-state index contributed by atoms with van der Waals surface area (Å²) in [4.78, 5) is 4.42. The van der Waals surface area contributed by atoms with Crippen molar-refractivity contribution in [2.24, 2.45) is 0 Å². The van der Waals surface area contributed by atoms with Gasteiger partial charge in [0.15, 0.2) is 0 Å². The second-order valence-corrected chi connectivity index (χ2v) is 5.35. The average Bonchev–Trinajstić information content (AvgIpc) is 2.77. The van der Waals surface area contributed by atoms with E-state index in [2.05, 4.69) is 66.5 Å². The molecule has 0 saturated heterocycles. The Bertz CT molecular complexity index is 506. The van der Waals surface area contributed by atoms with Gasteiger partial charge in [0, 0.05) is 28.6 Å². The molecule has 90 valence electrons. The molecule has 0 aliphatic carbocycles. The molecule has 0 N–H and O–H groups in total. The van der Waals surface area contributed by atoms with Crippen LogP contribution in [0.5, 0.6) is 0 Å². The molecule has 0 aliphatic rings. The second-order valence-electron chi connectivity index (χ2n) is 3.87. The lowest BCUT2D eigenvalue weighted by Gasteiger charge is -2.11. The molecule has 0 bridgehead atoms. The van der Waals surface area contributed by atoms with Gasteiger partial charge in [0.05, 0.1) is 5.69 Å². The molecule has 0 spiro atoms. The zero-order valence-corrected chi connectivity index (χ0v) is 12.8. The van der Waals surface area contributed by atoms with Crippen molar-refractivity contribution in [3.8, 4) is 5.69 Å². The van der Waals surface area contributed by atoms with Crippen LogP contribution in [0, 0.1) is 0 Å². The van der Waals surface area contributed by atoms with Crippen LogP contribution >= 0.6 is 31.9 Å². The van der Waals surface area contributed by atoms with Crippen molar-refractivity contribution in [2.45, 2.75) is 25.1 Å². The van der Waals surface area contributed by atoms with E-state index in [1.807, 2.05) is 12.4 Å². The number of nitrogens with zero attached hydrogens (tertiary/aromatic N) is 2. The molecule has 1 heterocycles. The van der Waals surface area contributed by atoms with Gasteiger partial charge in [-0.05, 0) is 30.2 Å². The van der Waals surface area contributed by atoms with Gasteiger partial charge in [0.1, 0.15) is 5.82 Å². The number of alkyl halides is 1. The minimum Gasteiger partial charge on any atom is -0.303 e. The number of aromatic nitrogens is 2. The molecule has 2 rings (SSSR count). The van der Waals surface area contributed by atoms with E-state index in [9.17, 15) is 0 Å². The summed E-state index contributed by atoms with van der Waals surface area (Å²) in [5.41, 5.74) is 2.46. The fraction of sp³-hybridized carbons (Fsp3) is 0.308. The molecule has 0 radical (unpaired) electrons. The summed E-state index contributed by atoms with van der Waals surface area (Å²) in [5.74, 6) is 1.12. The van der Waals surface area contributed by atoms with E-state index in [0.717, 1.165) is 28.5 Å². The Hall–Kier alpha value is -0.610. The van der Waals surface area contributed by atoms with Crippen molar-refractivity contribution < 1.29 is 0 Å². The molecule has 2 aromatic rings. The van der Waals surface area contributed by atoms with Crippen molar-refractivity contribution >= 4 is 31.9 Å². The highest BCUT2D eigenvalue weighted by molar-refractivity contribution is 9.10. The quantitative estimate of drug-likeness (QED) is 0.737. The van der Waals surface area contributed by atoms with E-state index in [-0.39, 0.29) is 0 Å². The molecule has 0 saturated carbocycles. The van der Waals surface area contributed by atoms with Gasteiger partial charge in [-0.1, -0.05) is 38.8 Å². The lowest BCUT2D eigenvalue weighted by atomic mass is 10.2. The van der Waals surface area contributed by atoms with Crippen LogP contribution in [0.3, 0.4) is 0 Å². The van der Waals surface area contributed by atoms with Crippen LogP contribution < -0.4 is 0 Å². The molecular weight excluding hydrogens is 344 g/mol. The third-order valence-corrected chi connectivity index (χ3v) is 3.73. The van der Waals surface area contributed by atoms with Crippen molar-refractivity contribution in [1.82, 2.24) is 9.55 Å². The fourth-order valence-electron chi connectivity index (χ4n) is 1.86. The van der Waals surface area contributed by atoms with Crippen LogP contribution in [0.1, 0.15) is 24.7 Å². The van der Waals surface area contributed by atoms with Gasteiger partial charge in [-0.25, -0.2) is 4.98 Å². The largest absolute Gasteiger partial charge is 0.303 e. The minimum absolute atomic E-state index is 0.839. The third kappa shape index (κ3) is 2.80. The van der Waals surface area contributed by atoms with Crippen LogP contribution in [-0.2, 0) is 11.8 Å². The molecule has 0 unspecified atom stereocenters. The first kappa shape index (κ1) is 12.8. The van der Waals surface area contributed by atoms with Crippen LogP contribution in [0.4, 0.5) is 0 Å². The zero-order chi connectivity index (χ0) is 12.3. The number of aryl methyl sites for hydroxylation is 1. The number of hydrogen-bond donors (Lipinski definition) is 0. The summed E-state index contributed by atoms with van der Waals surface area (Å²) in [7, 11) is 0. The van der Waals surface area contributed by atoms with E-state index in [1.165, 1.54) is 11.3 Å². The molecule has 1 aromatic heterocycles. The lowest BCUT2D eigenvalue weighted by Crippen LogP contribution is -2.03. The third-order valence-electron chi connectivity index (χ3n) is 2.64. The molecule has 0 fully saturated rings. The van der Waals surface area contributed by atoms with E-state index in [4.69, 9.17) is 0 Å². The summed E-state index contributed by atoms with van der Waals surface area (Å²) in [5, 5.41) is 0.839. The second kappa shape index (κ2) is 5.83. The topological polar surface area (TPSA) is 17.8 Å². The Morgan fingerprint density at radius 1 is 1.35 bits per heavy atom. The Morgan fingerprint density at radius 2 is 2.18 bits per heavy atom. The van der Waals surface area contributed by atoms with Crippen LogP contribution in [-0.4, -0.2) is 9.55 Å². The Labute approximate surface area is 118 Å². The molecule has 2 nitrogen and oxygen atoms in total. The van der Waals surface area contributed by atoms with Gasteiger partial charge in [-0.3, -0.25) is 0 Å². The van der Waals surface area contributed by atoms with Crippen LogP contribution in [0.25, 0.3) is 5.69 Å². The van der Waals surface area contributed by atoms with Crippen LogP contribution in [0.15, 0.2) is 35.1 Å². The minimum atomic E-state index is 0.839. The van der Waals surface area contributed by atoms with Crippen LogP contribution in [0.2, 0.25) is 0 Å². The van der Waals surface area contributed by atoms with E-state index in [0.29, 0.717) is 0 Å². The molecule has 0 amide bonds. The molecule has 4 heteroatoms. The normalized spacial score (nSPS) is 10.8. The monoisotopic (exact) mass is 356 g/mol. The summed E-state index contributed by atoms with van der Waals surface area (Å²) in [6.45, 7) is 2.17. The van der Waals surface area contributed by atoms with Gasteiger partial charge in [0.25, 0.3) is 0 Å². The first-order valence-electron chi connectivity index (χ1n) is 5.63. The number of benzene rings is 1. The highest BCUT2D eigenvalue weighted by Crippen LogP contribution is 2.23. The maximum Gasteiger partial charge on any atom is 0.113 e. The lowest BCUT2D eigenvalue weighted by molar-refractivity contribution is 0.806. The molecule has 0 aliphatic heterocycles. The maximum atomic E-state index is 4.42. The van der Waals surface area contributed by atoms with E-state index < -0.39 is 0 Å². The van der Waals surface area contributed by atoms with E-state index in [1.54, 1.807) is 0 Å². The Morgan fingerprint density at radius 3 is 2.88 bits per heavy atom. The van der Waals surface area contributed by atoms with Gasteiger partial charge in [0.2, 0.25) is 0 Å². The van der Waals surface area contributed by atoms with Crippen molar-refractivity contribution in [3.63, 3.8) is 0 Å². The summed E-state index contributed by atoms with van der Waals surface area (Å²) < 4.78 is 3.28. The van der Waals surface area contributed by atoms with Crippen molar-refractivity contribution in [3.05, 3.63) is 46.5 Å².